The molecular weight excluding hydrogens is 525 g/mol. The first kappa shape index (κ1) is 25.4. The highest BCUT2D eigenvalue weighted by molar-refractivity contribution is 14.0. The molecule has 8 heteroatoms. The van der Waals surface area contributed by atoms with E-state index in [9.17, 15) is 0 Å². The number of hydrogen-bond acceptors (Lipinski definition) is 5. The van der Waals surface area contributed by atoms with Gasteiger partial charge in [-0.2, -0.15) is 0 Å². The van der Waals surface area contributed by atoms with Gasteiger partial charge in [0.1, 0.15) is 0 Å². The largest absolute Gasteiger partial charge is 0.356 e. The highest BCUT2D eigenvalue weighted by atomic mass is 127. The van der Waals surface area contributed by atoms with Gasteiger partial charge in [0.25, 0.3) is 0 Å². The molecule has 2 aliphatic heterocycles. The molecule has 0 atom stereocenters. The van der Waals surface area contributed by atoms with Gasteiger partial charge in [0.2, 0.25) is 5.95 Å². The minimum absolute atomic E-state index is 0. The highest BCUT2D eigenvalue weighted by Gasteiger charge is 2.19. The van der Waals surface area contributed by atoms with Crippen molar-refractivity contribution in [1.29, 1.82) is 0 Å². The van der Waals surface area contributed by atoms with Gasteiger partial charge in [0.05, 0.1) is 0 Å². The number of nitrogens with one attached hydrogen (secondary N) is 1. The number of piperazine rings is 1. The first-order chi connectivity index (χ1) is 15.8. The van der Waals surface area contributed by atoms with Gasteiger partial charge < -0.3 is 15.1 Å². The Labute approximate surface area is 215 Å². The molecule has 2 aliphatic rings. The zero-order valence-electron chi connectivity index (χ0n) is 19.6. The molecule has 0 amide bonds. The second-order valence-corrected chi connectivity index (χ2v) is 8.41. The number of piperidine rings is 1. The zero-order valence-corrected chi connectivity index (χ0v) is 21.9. The van der Waals surface area contributed by atoms with E-state index in [-0.39, 0.29) is 24.0 Å². The maximum atomic E-state index is 4.53. The number of hydrogen-bond donors (Lipinski definition) is 1. The van der Waals surface area contributed by atoms with E-state index in [1.165, 1.54) is 11.1 Å². The quantitative estimate of drug-likeness (QED) is 0.253. The number of aromatic nitrogens is 2. The Hall–Kier alpha value is -2.20. The second-order valence-electron chi connectivity index (χ2n) is 8.41. The molecule has 0 aliphatic carbocycles. The first-order valence-electron chi connectivity index (χ1n) is 11.8. The Morgan fingerprint density at radius 2 is 1.67 bits per heavy atom. The lowest BCUT2D eigenvalue weighted by Crippen LogP contribution is -2.48. The van der Waals surface area contributed by atoms with Crippen LogP contribution >= 0.6 is 24.0 Å². The molecule has 33 heavy (non-hydrogen) atoms. The van der Waals surface area contributed by atoms with E-state index >= 15 is 0 Å². The van der Waals surface area contributed by atoms with Gasteiger partial charge >= 0.3 is 0 Å². The molecule has 0 radical (unpaired) electrons. The normalized spacial score (nSPS) is 17.5. The Balaban J connectivity index is 0.00000306. The number of guanidine groups is 1. The van der Waals surface area contributed by atoms with Crippen LogP contribution in [0.15, 0.2) is 59.4 Å². The molecule has 0 unspecified atom stereocenters. The van der Waals surface area contributed by atoms with E-state index in [1.54, 1.807) is 0 Å². The third kappa shape index (κ3) is 7.67. The van der Waals surface area contributed by atoms with Crippen LogP contribution in [0.1, 0.15) is 24.8 Å². The molecule has 0 saturated carbocycles. The number of rotatable bonds is 6. The van der Waals surface area contributed by atoms with E-state index in [2.05, 4.69) is 71.4 Å². The van der Waals surface area contributed by atoms with Crippen LogP contribution in [0.5, 0.6) is 0 Å². The van der Waals surface area contributed by atoms with Crippen LogP contribution in [0.2, 0.25) is 0 Å². The Morgan fingerprint density at radius 3 is 2.33 bits per heavy atom. The maximum Gasteiger partial charge on any atom is 0.225 e. The summed E-state index contributed by atoms with van der Waals surface area (Å²) < 4.78 is 0. The summed E-state index contributed by atoms with van der Waals surface area (Å²) in [6.45, 7) is 8.24. The third-order valence-corrected chi connectivity index (χ3v) is 6.23. The van der Waals surface area contributed by atoms with Crippen LogP contribution in [-0.4, -0.2) is 85.1 Å². The smallest absolute Gasteiger partial charge is 0.225 e. The lowest BCUT2D eigenvalue weighted by Gasteiger charge is -2.35. The maximum absolute atomic E-state index is 4.53. The number of likely N-dealkylation sites (tertiary alicyclic amines) is 1. The van der Waals surface area contributed by atoms with Crippen LogP contribution in [0, 0.1) is 0 Å². The van der Waals surface area contributed by atoms with Crippen molar-refractivity contribution in [3.05, 3.63) is 59.9 Å². The molecular formula is C25H36IN7. The van der Waals surface area contributed by atoms with Crippen molar-refractivity contribution >= 4 is 42.0 Å². The molecule has 4 rings (SSSR count). The molecule has 0 bridgehead atoms. The monoisotopic (exact) mass is 561 g/mol. The number of anilines is 1. The Morgan fingerprint density at radius 1 is 0.970 bits per heavy atom. The van der Waals surface area contributed by atoms with Crippen molar-refractivity contribution in [3.8, 4) is 0 Å². The van der Waals surface area contributed by atoms with Gasteiger partial charge in [-0.1, -0.05) is 42.0 Å². The predicted molar refractivity (Wildman–Crippen MR) is 147 cm³/mol. The van der Waals surface area contributed by atoms with Crippen molar-refractivity contribution in [3.63, 3.8) is 0 Å². The van der Waals surface area contributed by atoms with Crippen LogP contribution in [0.4, 0.5) is 5.95 Å². The minimum atomic E-state index is 0. The molecule has 2 aromatic rings. The summed E-state index contributed by atoms with van der Waals surface area (Å²) >= 11 is 0. The Kier molecular flexibility index (Phi) is 10.4. The van der Waals surface area contributed by atoms with Crippen molar-refractivity contribution in [2.45, 2.75) is 19.3 Å². The van der Waals surface area contributed by atoms with Gasteiger partial charge in [-0.25, -0.2) is 9.97 Å². The number of halogens is 1. The topological polar surface area (TPSA) is 59.9 Å². The molecule has 7 nitrogen and oxygen atoms in total. The molecule has 1 aromatic carbocycles. The summed E-state index contributed by atoms with van der Waals surface area (Å²) in [4.78, 5) is 20.5. The summed E-state index contributed by atoms with van der Waals surface area (Å²) in [6, 6.07) is 12.5. The average Bonchev–Trinajstić information content (AvgIpc) is 2.86. The summed E-state index contributed by atoms with van der Waals surface area (Å²) in [7, 11) is 1.89. The standard InChI is InChI=1S/C25H35N7.HI/c1-26-24(31-15-9-23(10-16-31)21-22-7-3-2-4-8-22)27-13-6-14-30-17-19-32(20-18-30)25-28-11-5-12-29-25;/h2-5,7-8,11-12,21H,6,9-10,13-20H2,1H3,(H,26,27);1H. The van der Waals surface area contributed by atoms with Gasteiger partial charge in [-0.3, -0.25) is 9.89 Å². The van der Waals surface area contributed by atoms with E-state index in [1.807, 2.05) is 25.5 Å². The van der Waals surface area contributed by atoms with Gasteiger partial charge in [0, 0.05) is 65.3 Å². The van der Waals surface area contributed by atoms with E-state index in [0.717, 1.165) is 83.5 Å². The molecule has 2 saturated heterocycles. The van der Waals surface area contributed by atoms with Crippen molar-refractivity contribution in [1.82, 2.24) is 25.1 Å². The van der Waals surface area contributed by atoms with E-state index in [4.69, 9.17) is 0 Å². The minimum Gasteiger partial charge on any atom is -0.356 e. The molecule has 3 heterocycles. The molecule has 0 spiro atoms. The van der Waals surface area contributed by atoms with E-state index in [0.29, 0.717) is 0 Å². The number of benzene rings is 1. The van der Waals surface area contributed by atoms with Crippen LogP contribution in [0.25, 0.3) is 6.08 Å². The summed E-state index contributed by atoms with van der Waals surface area (Å²) in [5, 5.41) is 3.58. The Bertz CT molecular complexity index is 870. The zero-order chi connectivity index (χ0) is 22.0. The fourth-order valence-electron chi connectivity index (χ4n) is 4.40. The summed E-state index contributed by atoms with van der Waals surface area (Å²) in [5.74, 6) is 1.88. The van der Waals surface area contributed by atoms with Crippen LogP contribution in [-0.2, 0) is 0 Å². The van der Waals surface area contributed by atoms with Gasteiger partial charge in [0.15, 0.2) is 5.96 Å². The molecule has 178 valence electrons. The highest BCUT2D eigenvalue weighted by Crippen LogP contribution is 2.19. The molecule has 2 fully saturated rings. The molecule has 1 aromatic heterocycles. The second kappa shape index (κ2) is 13.5. The lowest BCUT2D eigenvalue weighted by molar-refractivity contribution is 0.253. The fourth-order valence-corrected chi connectivity index (χ4v) is 4.40. The van der Waals surface area contributed by atoms with Gasteiger partial charge in [-0.05, 0) is 37.4 Å². The SMILES string of the molecule is CN=C(NCCCN1CCN(c2ncccn2)CC1)N1CCC(=Cc2ccccc2)CC1.I. The van der Waals surface area contributed by atoms with Crippen molar-refractivity contribution < 1.29 is 0 Å². The summed E-state index contributed by atoms with van der Waals surface area (Å²) in [5.41, 5.74) is 2.83. The number of nitrogens with zero attached hydrogens (tertiary/aromatic N) is 6. The molecule has 1 N–H and O–H groups in total. The van der Waals surface area contributed by atoms with Crippen molar-refractivity contribution in [2.24, 2.45) is 4.99 Å². The van der Waals surface area contributed by atoms with Gasteiger partial charge in [-0.15, -0.1) is 24.0 Å². The van der Waals surface area contributed by atoms with Crippen molar-refractivity contribution in [2.75, 3.05) is 64.3 Å². The lowest BCUT2D eigenvalue weighted by atomic mass is 10.0. The third-order valence-electron chi connectivity index (χ3n) is 6.23. The average molecular weight is 562 g/mol. The van der Waals surface area contributed by atoms with Crippen LogP contribution in [0.3, 0.4) is 0 Å². The van der Waals surface area contributed by atoms with Crippen LogP contribution < -0.4 is 10.2 Å². The summed E-state index contributed by atoms with van der Waals surface area (Å²) in [6.07, 6.45) is 9.30. The number of aliphatic imine (C=N–C) groups is 1. The fraction of sp³-hybridized carbons (Fsp3) is 0.480. The van der Waals surface area contributed by atoms with E-state index < -0.39 is 0 Å². The predicted octanol–water partition coefficient (Wildman–Crippen LogP) is 3.36. The first-order valence-corrected chi connectivity index (χ1v) is 11.8.